The average Bonchev–Trinajstić information content (AvgIpc) is 2.56. The minimum absolute atomic E-state index is 0.102. The van der Waals surface area contributed by atoms with Crippen molar-refractivity contribution in [3.63, 3.8) is 0 Å². The summed E-state index contributed by atoms with van der Waals surface area (Å²) in [6.45, 7) is 9.39. The number of amides is 1. The van der Waals surface area contributed by atoms with Crippen LogP contribution in [0.2, 0.25) is 0 Å². The van der Waals surface area contributed by atoms with Crippen molar-refractivity contribution in [1.29, 1.82) is 0 Å². The van der Waals surface area contributed by atoms with Crippen LogP contribution >= 0.6 is 0 Å². The minimum Gasteiger partial charge on any atom is -0.395 e. The number of hydrogen-bond donors (Lipinski definition) is 3. The molecule has 0 atom stereocenters. The zero-order valence-electron chi connectivity index (χ0n) is 15.0. The van der Waals surface area contributed by atoms with Crippen LogP contribution in [0.3, 0.4) is 0 Å². The molecule has 7 nitrogen and oxygen atoms in total. The fraction of sp³-hybridized carbons (Fsp3) is 0.765. The van der Waals surface area contributed by atoms with Gasteiger partial charge < -0.3 is 15.2 Å². The molecular weight excluding hydrogens is 310 g/mol. The van der Waals surface area contributed by atoms with Gasteiger partial charge in [0.1, 0.15) is 0 Å². The van der Waals surface area contributed by atoms with Gasteiger partial charge in [-0.2, -0.15) is 4.99 Å². The van der Waals surface area contributed by atoms with E-state index in [2.05, 4.69) is 10.3 Å². The number of carbonyl (C=O) groups is 1. The first kappa shape index (κ1) is 19.1. The van der Waals surface area contributed by atoms with Gasteiger partial charge in [-0.05, 0) is 39.2 Å². The zero-order chi connectivity index (χ0) is 18.0. The van der Waals surface area contributed by atoms with Crippen molar-refractivity contribution in [1.82, 2.24) is 10.4 Å². The van der Waals surface area contributed by atoms with Gasteiger partial charge in [-0.3, -0.25) is 10.0 Å². The molecule has 0 radical (unpaired) electrons. The summed E-state index contributed by atoms with van der Waals surface area (Å²) in [6.07, 6.45) is 3.62. The molecule has 2 rings (SSSR count). The molecule has 0 aromatic rings. The van der Waals surface area contributed by atoms with Crippen molar-refractivity contribution < 1.29 is 19.8 Å². The quantitative estimate of drug-likeness (QED) is 0.675. The van der Waals surface area contributed by atoms with E-state index in [-0.39, 0.29) is 18.3 Å². The van der Waals surface area contributed by atoms with E-state index in [1.165, 1.54) is 0 Å². The average molecular weight is 339 g/mol. The van der Waals surface area contributed by atoms with Crippen molar-refractivity contribution in [2.45, 2.75) is 46.1 Å². The maximum absolute atomic E-state index is 12.4. The third-order valence-electron chi connectivity index (χ3n) is 4.72. The lowest BCUT2D eigenvalue weighted by Crippen LogP contribution is -2.50. The Hall–Kier alpha value is -1.28. The third-order valence-corrected chi connectivity index (χ3v) is 4.72. The monoisotopic (exact) mass is 339 g/mol. The van der Waals surface area contributed by atoms with Gasteiger partial charge in [0.25, 0.3) is 5.91 Å². The highest BCUT2D eigenvalue weighted by Crippen LogP contribution is 2.33. The molecule has 0 saturated carbocycles. The Bertz CT molecular complexity index is 534. The number of hydrogen-bond acceptors (Lipinski definition) is 5. The van der Waals surface area contributed by atoms with Gasteiger partial charge in [-0.1, -0.05) is 13.8 Å². The molecule has 1 amide bonds. The molecule has 1 saturated heterocycles. The smallest absolute Gasteiger partial charge is 0.267 e. The van der Waals surface area contributed by atoms with E-state index in [4.69, 9.17) is 4.74 Å². The standard InChI is InChI=1S/C17H29N3O4/c1-16(2,11-21)13-9-14(20(13)23)19-15(22)17(3,4)18-10-12-5-7-24-8-6-12/h9,12,18,21,23H,5-8,10-11H2,1-4H3. The molecule has 2 aliphatic heterocycles. The molecular formula is C17H29N3O4. The number of nitrogens with zero attached hydrogens (tertiary/aromatic N) is 2. The molecule has 0 aliphatic carbocycles. The SMILES string of the molecule is CC(C)(CO)C1=CC(=NC(=O)C(C)(C)NCC2CCOCC2)N1O. The van der Waals surface area contributed by atoms with Crippen LogP contribution in [0.15, 0.2) is 16.8 Å². The van der Waals surface area contributed by atoms with Crippen molar-refractivity contribution in [2.75, 3.05) is 26.4 Å². The van der Waals surface area contributed by atoms with Crippen LogP contribution in [0.5, 0.6) is 0 Å². The lowest BCUT2D eigenvalue weighted by atomic mass is 9.86. The molecule has 3 N–H and O–H groups in total. The van der Waals surface area contributed by atoms with Crippen LogP contribution in [-0.4, -0.2) is 59.0 Å². The van der Waals surface area contributed by atoms with Crippen LogP contribution in [-0.2, 0) is 9.53 Å². The highest BCUT2D eigenvalue weighted by atomic mass is 16.5. The zero-order valence-corrected chi connectivity index (χ0v) is 15.0. The van der Waals surface area contributed by atoms with Gasteiger partial charge in [0, 0.05) is 24.7 Å². The first-order valence-corrected chi connectivity index (χ1v) is 8.45. The van der Waals surface area contributed by atoms with Crippen molar-refractivity contribution >= 4 is 11.7 Å². The summed E-state index contributed by atoms with van der Waals surface area (Å²) >= 11 is 0. The fourth-order valence-electron chi connectivity index (χ4n) is 2.61. The van der Waals surface area contributed by atoms with Crippen LogP contribution < -0.4 is 5.32 Å². The van der Waals surface area contributed by atoms with Gasteiger partial charge in [-0.15, -0.1) is 0 Å². The van der Waals surface area contributed by atoms with Gasteiger partial charge in [0.05, 0.1) is 17.8 Å². The molecule has 2 heterocycles. The number of amidine groups is 1. The van der Waals surface area contributed by atoms with Gasteiger partial charge in [0.2, 0.25) is 0 Å². The number of hydroxylamine groups is 2. The second-order valence-corrected chi connectivity index (χ2v) is 7.72. The Balaban J connectivity index is 1.95. The first-order valence-electron chi connectivity index (χ1n) is 8.45. The predicted octanol–water partition coefficient (Wildman–Crippen LogP) is 1.31. The number of aliphatic imine (C=N–C) groups is 1. The Morgan fingerprint density at radius 1 is 1.38 bits per heavy atom. The highest BCUT2D eigenvalue weighted by Gasteiger charge is 2.37. The van der Waals surface area contributed by atoms with E-state index in [9.17, 15) is 15.1 Å². The number of aliphatic hydroxyl groups excluding tert-OH is 1. The topological polar surface area (TPSA) is 94.4 Å². The first-order chi connectivity index (χ1) is 11.2. The van der Waals surface area contributed by atoms with Gasteiger partial charge in [-0.25, -0.2) is 5.06 Å². The summed E-state index contributed by atoms with van der Waals surface area (Å²) in [6, 6.07) is 0. The Labute approximate surface area is 143 Å². The molecule has 0 unspecified atom stereocenters. The lowest BCUT2D eigenvalue weighted by Gasteiger charge is -2.38. The van der Waals surface area contributed by atoms with Gasteiger partial charge in [0.15, 0.2) is 5.84 Å². The fourth-order valence-corrected chi connectivity index (χ4v) is 2.61. The van der Waals surface area contributed by atoms with Crippen molar-refractivity contribution in [2.24, 2.45) is 16.3 Å². The summed E-state index contributed by atoms with van der Waals surface area (Å²) in [4.78, 5) is 16.4. The number of nitrogens with one attached hydrogen (secondary N) is 1. The second kappa shape index (κ2) is 7.31. The van der Waals surface area contributed by atoms with E-state index in [1.54, 1.807) is 33.8 Å². The maximum atomic E-state index is 12.4. The Kier molecular flexibility index (Phi) is 5.80. The number of ether oxygens (including phenoxy) is 1. The van der Waals surface area contributed by atoms with Crippen molar-refractivity contribution in [3.8, 4) is 0 Å². The van der Waals surface area contributed by atoms with E-state index in [0.29, 0.717) is 11.6 Å². The molecule has 0 aromatic heterocycles. The summed E-state index contributed by atoms with van der Waals surface area (Å²) in [7, 11) is 0. The third kappa shape index (κ3) is 4.22. The molecule has 7 heteroatoms. The normalized spacial score (nSPS) is 21.7. The summed E-state index contributed by atoms with van der Waals surface area (Å²) < 4.78 is 5.34. The predicted molar refractivity (Wildman–Crippen MR) is 90.6 cm³/mol. The molecule has 0 aromatic carbocycles. The van der Waals surface area contributed by atoms with E-state index in [1.807, 2.05) is 0 Å². The molecule has 136 valence electrons. The van der Waals surface area contributed by atoms with E-state index >= 15 is 0 Å². The number of carbonyl (C=O) groups excluding carboxylic acids is 1. The van der Waals surface area contributed by atoms with Crippen LogP contribution in [0, 0.1) is 11.3 Å². The number of aliphatic hydroxyl groups is 1. The summed E-state index contributed by atoms with van der Waals surface area (Å²) in [5.41, 5.74) is -0.833. The van der Waals surface area contributed by atoms with Crippen LogP contribution in [0.1, 0.15) is 40.5 Å². The molecule has 0 spiro atoms. The Morgan fingerprint density at radius 3 is 2.54 bits per heavy atom. The molecule has 0 bridgehead atoms. The van der Waals surface area contributed by atoms with E-state index < -0.39 is 11.0 Å². The van der Waals surface area contributed by atoms with Crippen LogP contribution in [0.25, 0.3) is 0 Å². The largest absolute Gasteiger partial charge is 0.395 e. The highest BCUT2D eigenvalue weighted by molar-refractivity contribution is 6.07. The van der Waals surface area contributed by atoms with Gasteiger partial charge >= 0.3 is 0 Å². The van der Waals surface area contributed by atoms with E-state index in [0.717, 1.165) is 37.7 Å². The minimum atomic E-state index is -0.803. The van der Waals surface area contributed by atoms with Crippen LogP contribution in [0.4, 0.5) is 0 Å². The number of rotatable bonds is 6. The molecule has 2 aliphatic rings. The molecule has 24 heavy (non-hydrogen) atoms. The Morgan fingerprint density at radius 2 is 2.00 bits per heavy atom. The second-order valence-electron chi connectivity index (χ2n) is 7.72. The lowest BCUT2D eigenvalue weighted by molar-refractivity contribution is -0.123. The maximum Gasteiger partial charge on any atom is 0.267 e. The van der Waals surface area contributed by atoms with Crippen molar-refractivity contribution in [3.05, 3.63) is 11.8 Å². The summed E-state index contributed by atoms with van der Waals surface area (Å²) in [5, 5.41) is 23.5. The molecule has 1 fully saturated rings. The summed E-state index contributed by atoms with van der Waals surface area (Å²) in [5.74, 6) is 0.381.